The molecule has 2 aliphatic rings. The lowest BCUT2D eigenvalue weighted by Crippen LogP contribution is -2.53. The number of nitrogens with zero attached hydrogens (tertiary/aromatic N) is 1. The summed E-state index contributed by atoms with van der Waals surface area (Å²) in [5.74, 6) is 2.34. The van der Waals surface area contributed by atoms with E-state index in [1.807, 2.05) is 0 Å². The van der Waals surface area contributed by atoms with E-state index in [1.165, 1.54) is 6.42 Å². The summed E-state index contributed by atoms with van der Waals surface area (Å²) in [4.78, 5) is 13.4. The van der Waals surface area contributed by atoms with Crippen molar-refractivity contribution in [2.24, 2.45) is 29.6 Å². The van der Waals surface area contributed by atoms with Gasteiger partial charge in [-0.2, -0.15) is 0 Å². The summed E-state index contributed by atoms with van der Waals surface area (Å²) in [5, 5.41) is 9.05. The fourth-order valence-electron chi connectivity index (χ4n) is 4.03. The van der Waals surface area contributed by atoms with Gasteiger partial charge in [-0.05, 0) is 43.1 Å². The normalized spacial score (nSPS) is 44.3. The first kappa shape index (κ1) is 11.9. The highest BCUT2D eigenvalue weighted by atomic mass is 16.4. The molecule has 0 aromatic carbocycles. The fourth-order valence-corrected chi connectivity index (χ4v) is 4.03. The molecule has 0 aromatic rings. The molecule has 1 aliphatic carbocycles. The molecule has 0 spiro atoms. The summed E-state index contributed by atoms with van der Waals surface area (Å²) in [7, 11) is 2.17. The van der Waals surface area contributed by atoms with Gasteiger partial charge >= 0.3 is 5.97 Å². The van der Waals surface area contributed by atoms with Crippen molar-refractivity contribution < 1.29 is 9.90 Å². The number of hydrogen-bond donors (Lipinski definition) is 1. The van der Waals surface area contributed by atoms with E-state index in [4.69, 9.17) is 5.11 Å². The first-order chi connectivity index (χ1) is 7.49. The van der Waals surface area contributed by atoms with Crippen LogP contribution < -0.4 is 0 Å². The molecule has 2 fully saturated rings. The minimum Gasteiger partial charge on any atom is -0.481 e. The zero-order valence-corrected chi connectivity index (χ0v) is 10.5. The Kier molecular flexibility index (Phi) is 3.24. The van der Waals surface area contributed by atoms with E-state index >= 15 is 0 Å². The molecule has 3 nitrogen and oxygen atoms in total. The Bertz CT molecular complexity index is 261. The molecular formula is C13H23NO2. The van der Waals surface area contributed by atoms with Gasteiger partial charge in [0.15, 0.2) is 0 Å². The van der Waals surface area contributed by atoms with E-state index in [2.05, 4.69) is 25.8 Å². The summed E-state index contributed by atoms with van der Waals surface area (Å²) in [5.41, 5.74) is 0. The maximum atomic E-state index is 11.0. The van der Waals surface area contributed by atoms with Crippen LogP contribution in [0.5, 0.6) is 0 Å². The average Bonchev–Trinajstić information content (AvgIpc) is 2.16. The van der Waals surface area contributed by atoms with Gasteiger partial charge in [0.25, 0.3) is 0 Å². The van der Waals surface area contributed by atoms with E-state index in [0.717, 1.165) is 13.1 Å². The van der Waals surface area contributed by atoms with Gasteiger partial charge in [-0.15, -0.1) is 0 Å². The molecule has 16 heavy (non-hydrogen) atoms. The van der Waals surface area contributed by atoms with Crippen LogP contribution in [0.25, 0.3) is 0 Å². The first-order valence-corrected chi connectivity index (χ1v) is 6.39. The highest BCUT2D eigenvalue weighted by Crippen LogP contribution is 2.46. The van der Waals surface area contributed by atoms with Crippen LogP contribution in [-0.4, -0.2) is 36.1 Å². The molecule has 1 saturated heterocycles. The zero-order valence-electron chi connectivity index (χ0n) is 10.5. The number of carboxylic acids is 1. The van der Waals surface area contributed by atoms with Gasteiger partial charge in [0.1, 0.15) is 0 Å². The molecule has 2 rings (SSSR count). The minimum absolute atomic E-state index is 0.373. The third-order valence-electron chi connectivity index (χ3n) is 4.76. The van der Waals surface area contributed by atoms with Crippen LogP contribution in [0.1, 0.15) is 26.7 Å². The predicted octanol–water partition coefficient (Wildman–Crippen LogP) is 1.93. The Morgan fingerprint density at radius 3 is 2.19 bits per heavy atom. The summed E-state index contributed by atoms with van der Waals surface area (Å²) in [6, 6.07) is 0. The summed E-state index contributed by atoms with van der Waals surface area (Å²) >= 11 is 0. The van der Waals surface area contributed by atoms with E-state index in [-0.39, 0.29) is 0 Å². The Morgan fingerprint density at radius 1 is 1.25 bits per heavy atom. The molecule has 1 heterocycles. The predicted molar refractivity (Wildman–Crippen MR) is 63.2 cm³/mol. The quantitative estimate of drug-likeness (QED) is 0.780. The summed E-state index contributed by atoms with van der Waals surface area (Å²) < 4.78 is 0. The molecule has 2 bridgehead atoms. The van der Waals surface area contributed by atoms with E-state index in [9.17, 15) is 4.79 Å². The third-order valence-corrected chi connectivity index (χ3v) is 4.76. The largest absolute Gasteiger partial charge is 0.481 e. The second-order valence-electron chi connectivity index (χ2n) is 6.00. The molecule has 0 amide bonds. The van der Waals surface area contributed by atoms with Gasteiger partial charge in [-0.25, -0.2) is 0 Å². The van der Waals surface area contributed by atoms with Gasteiger partial charge in [-0.3, -0.25) is 4.79 Å². The molecule has 1 N–H and O–H groups in total. The van der Waals surface area contributed by atoms with Crippen molar-refractivity contribution in [1.29, 1.82) is 0 Å². The minimum atomic E-state index is -0.620. The number of piperidine rings is 1. The molecule has 0 radical (unpaired) electrons. The first-order valence-electron chi connectivity index (χ1n) is 6.39. The van der Waals surface area contributed by atoms with Crippen molar-refractivity contribution in [3.8, 4) is 0 Å². The molecule has 4 atom stereocenters. The van der Waals surface area contributed by atoms with Crippen LogP contribution in [-0.2, 0) is 4.79 Å². The Balaban J connectivity index is 2.18. The van der Waals surface area contributed by atoms with Gasteiger partial charge in [0.2, 0.25) is 0 Å². The Labute approximate surface area is 97.8 Å². The van der Waals surface area contributed by atoms with Crippen LogP contribution in [0, 0.1) is 29.6 Å². The number of carbonyl (C=O) groups is 1. The van der Waals surface area contributed by atoms with Crippen LogP contribution >= 0.6 is 0 Å². The van der Waals surface area contributed by atoms with Crippen molar-refractivity contribution in [3.05, 3.63) is 0 Å². The third kappa shape index (κ3) is 2.10. The Morgan fingerprint density at radius 2 is 1.75 bits per heavy atom. The number of hydrogen-bond acceptors (Lipinski definition) is 2. The molecule has 1 saturated carbocycles. The van der Waals surface area contributed by atoms with Gasteiger partial charge in [-0.1, -0.05) is 13.8 Å². The lowest BCUT2D eigenvalue weighted by Gasteiger charge is -2.51. The van der Waals surface area contributed by atoms with Crippen LogP contribution in [0.2, 0.25) is 0 Å². The second kappa shape index (κ2) is 4.36. The fraction of sp³-hybridized carbons (Fsp3) is 0.923. The van der Waals surface area contributed by atoms with Gasteiger partial charge in [0.05, 0.1) is 0 Å². The van der Waals surface area contributed by atoms with Gasteiger partial charge in [0, 0.05) is 19.5 Å². The van der Waals surface area contributed by atoms with E-state index in [0.29, 0.717) is 36.0 Å². The number of aliphatic carboxylic acids is 1. The lowest BCUT2D eigenvalue weighted by atomic mass is 9.59. The van der Waals surface area contributed by atoms with Crippen LogP contribution in [0.15, 0.2) is 0 Å². The van der Waals surface area contributed by atoms with Crippen molar-refractivity contribution in [1.82, 2.24) is 4.90 Å². The molecule has 3 heteroatoms. The smallest absolute Gasteiger partial charge is 0.303 e. The molecular weight excluding hydrogens is 202 g/mol. The number of rotatable bonds is 2. The summed E-state index contributed by atoms with van der Waals surface area (Å²) in [6.07, 6.45) is 1.65. The van der Waals surface area contributed by atoms with Crippen molar-refractivity contribution >= 4 is 5.97 Å². The topological polar surface area (TPSA) is 40.5 Å². The lowest BCUT2D eigenvalue weighted by molar-refractivity contribution is -0.142. The monoisotopic (exact) mass is 225 g/mol. The van der Waals surface area contributed by atoms with E-state index in [1.54, 1.807) is 0 Å². The summed E-state index contributed by atoms with van der Waals surface area (Å²) in [6.45, 7) is 6.77. The molecule has 92 valence electrons. The van der Waals surface area contributed by atoms with E-state index < -0.39 is 5.97 Å². The average molecular weight is 225 g/mol. The SMILES string of the molecule is CC1CC(C)C2CN(C)CC1C2CC(=O)O. The maximum absolute atomic E-state index is 11.0. The number of likely N-dealkylation sites (tertiary alicyclic amines) is 1. The van der Waals surface area contributed by atoms with Crippen LogP contribution in [0.3, 0.4) is 0 Å². The standard InChI is InChI=1S/C13H23NO2/c1-8-4-9(2)12-7-14(3)6-11(8)10(12)5-13(15)16/h8-12H,4-7H2,1-3H3,(H,15,16). The zero-order chi connectivity index (χ0) is 11.9. The highest BCUT2D eigenvalue weighted by Gasteiger charge is 2.45. The van der Waals surface area contributed by atoms with Crippen LogP contribution in [0.4, 0.5) is 0 Å². The number of fused-ring (bicyclic) bond motifs is 2. The maximum Gasteiger partial charge on any atom is 0.303 e. The molecule has 0 aromatic heterocycles. The second-order valence-corrected chi connectivity index (χ2v) is 6.00. The number of carboxylic acid groups (broad SMARTS) is 1. The van der Waals surface area contributed by atoms with Crippen molar-refractivity contribution in [2.45, 2.75) is 26.7 Å². The Hall–Kier alpha value is -0.570. The molecule has 1 aliphatic heterocycles. The van der Waals surface area contributed by atoms with Gasteiger partial charge < -0.3 is 10.0 Å². The van der Waals surface area contributed by atoms with Crippen molar-refractivity contribution in [3.63, 3.8) is 0 Å². The van der Waals surface area contributed by atoms with Crippen molar-refractivity contribution in [2.75, 3.05) is 20.1 Å². The highest BCUT2D eigenvalue weighted by molar-refractivity contribution is 5.67. The molecule has 4 unspecified atom stereocenters.